The van der Waals surface area contributed by atoms with Crippen molar-refractivity contribution in [1.82, 2.24) is 5.32 Å². The molecule has 0 saturated carbocycles. The highest BCUT2D eigenvalue weighted by molar-refractivity contribution is 7.09. The minimum Gasteiger partial charge on any atom is -0.494 e. The van der Waals surface area contributed by atoms with Gasteiger partial charge < -0.3 is 10.1 Å². The van der Waals surface area contributed by atoms with Gasteiger partial charge in [-0.3, -0.25) is 0 Å². The highest BCUT2D eigenvalue weighted by Crippen LogP contribution is 2.13. The lowest BCUT2D eigenvalue weighted by Gasteiger charge is -2.07. The molecule has 0 aliphatic rings. The van der Waals surface area contributed by atoms with Crippen LogP contribution < -0.4 is 10.1 Å². The summed E-state index contributed by atoms with van der Waals surface area (Å²) < 4.78 is 5.47. The first-order valence-electron chi connectivity index (χ1n) is 5.83. The smallest absolute Gasteiger partial charge is 0.119 e. The third-order valence-corrected chi connectivity index (χ3v) is 3.29. The second-order valence-electron chi connectivity index (χ2n) is 3.76. The molecular formula is C14H17NOS. The SMILES string of the molecule is CCOc1cccc(CNCc2cccs2)c1. The van der Waals surface area contributed by atoms with Gasteiger partial charge in [0.2, 0.25) is 0 Å². The summed E-state index contributed by atoms with van der Waals surface area (Å²) >= 11 is 1.78. The van der Waals surface area contributed by atoms with Gasteiger partial charge in [-0.05, 0) is 36.1 Å². The molecule has 0 atom stereocenters. The molecule has 0 bridgehead atoms. The van der Waals surface area contributed by atoms with Crippen molar-refractivity contribution in [3.05, 3.63) is 52.2 Å². The van der Waals surface area contributed by atoms with Crippen LogP contribution in [0, 0.1) is 0 Å². The van der Waals surface area contributed by atoms with E-state index in [1.54, 1.807) is 11.3 Å². The lowest BCUT2D eigenvalue weighted by atomic mass is 10.2. The molecule has 1 aromatic heterocycles. The largest absolute Gasteiger partial charge is 0.494 e. The maximum Gasteiger partial charge on any atom is 0.119 e. The van der Waals surface area contributed by atoms with Crippen LogP contribution in [0.2, 0.25) is 0 Å². The van der Waals surface area contributed by atoms with E-state index >= 15 is 0 Å². The van der Waals surface area contributed by atoms with E-state index in [1.807, 2.05) is 19.1 Å². The summed E-state index contributed by atoms with van der Waals surface area (Å²) in [6.07, 6.45) is 0. The first kappa shape index (κ1) is 12.1. The average molecular weight is 247 g/mol. The number of thiophene rings is 1. The standard InChI is InChI=1S/C14H17NOS/c1-2-16-13-6-3-5-12(9-13)10-15-11-14-7-4-8-17-14/h3-9,15H,2,10-11H2,1H3. The van der Waals surface area contributed by atoms with Crippen LogP contribution in [0.25, 0.3) is 0 Å². The zero-order chi connectivity index (χ0) is 11.9. The van der Waals surface area contributed by atoms with E-state index in [2.05, 4.69) is 35.0 Å². The first-order valence-corrected chi connectivity index (χ1v) is 6.71. The van der Waals surface area contributed by atoms with Gasteiger partial charge in [0, 0.05) is 18.0 Å². The number of ether oxygens (including phenoxy) is 1. The van der Waals surface area contributed by atoms with Crippen LogP contribution in [-0.4, -0.2) is 6.61 Å². The lowest BCUT2D eigenvalue weighted by molar-refractivity contribution is 0.340. The Hall–Kier alpha value is -1.32. The molecule has 1 N–H and O–H groups in total. The molecule has 0 spiro atoms. The second kappa shape index (κ2) is 6.42. The third kappa shape index (κ3) is 3.88. The predicted molar refractivity (Wildman–Crippen MR) is 72.5 cm³/mol. The van der Waals surface area contributed by atoms with Crippen molar-refractivity contribution in [1.29, 1.82) is 0 Å². The van der Waals surface area contributed by atoms with E-state index in [0.29, 0.717) is 6.61 Å². The quantitative estimate of drug-likeness (QED) is 0.844. The van der Waals surface area contributed by atoms with Crippen molar-refractivity contribution >= 4 is 11.3 Å². The lowest BCUT2D eigenvalue weighted by Crippen LogP contribution is -2.11. The summed E-state index contributed by atoms with van der Waals surface area (Å²) in [4.78, 5) is 1.37. The van der Waals surface area contributed by atoms with Crippen LogP contribution in [-0.2, 0) is 13.1 Å². The summed E-state index contributed by atoms with van der Waals surface area (Å²) in [6.45, 7) is 4.52. The van der Waals surface area contributed by atoms with Gasteiger partial charge in [0.25, 0.3) is 0 Å². The van der Waals surface area contributed by atoms with Crippen LogP contribution in [0.15, 0.2) is 41.8 Å². The number of benzene rings is 1. The average Bonchev–Trinajstić information content (AvgIpc) is 2.83. The van der Waals surface area contributed by atoms with Crippen LogP contribution >= 0.6 is 11.3 Å². The number of hydrogen-bond acceptors (Lipinski definition) is 3. The maximum atomic E-state index is 5.47. The molecule has 0 fully saturated rings. The Morgan fingerprint density at radius 1 is 1.18 bits per heavy atom. The van der Waals surface area contributed by atoms with Crippen molar-refractivity contribution < 1.29 is 4.74 Å². The molecule has 2 rings (SSSR count). The van der Waals surface area contributed by atoms with E-state index in [4.69, 9.17) is 4.74 Å². The Morgan fingerprint density at radius 3 is 2.88 bits per heavy atom. The van der Waals surface area contributed by atoms with E-state index in [1.165, 1.54) is 10.4 Å². The van der Waals surface area contributed by atoms with Crippen LogP contribution in [0.1, 0.15) is 17.4 Å². The van der Waals surface area contributed by atoms with Gasteiger partial charge in [-0.25, -0.2) is 0 Å². The zero-order valence-corrected chi connectivity index (χ0v) is 10.8. The zero-order valence-electron chi connectivity index (χ0n) is 9.98. The van der Waals surface area contributed by atoms with Gasteiger partial charge in [-0.15, -0.1) is 11.3 Å². The molecule has 0 aliphatic heterocycles. The first-order chi connectivity index (χ1) is 8.38. The molecule has 0 aliphatic carbocycles. The summed E-state index contributed by atoms with van der Waals surface area (Å²) in [5, 5.41) is 5.53. The van der Waals surface area contributed by atoms with Gasteiger partial charge in [0.1, 0.15) is 5.75 Å². The molecule has 0 unspecified atom stereocenters. The van der Waals surface area contributed by atoms with Crippen LogP contribution in [0.3, 0.4) is 0 Å². The maximum absolute atomic E-state index is 5.47. The van der Waals surface area contributed by atoms with Gasteiger partial charge in [-0.1, -0.05) is 18.2 Å². The van der Waals surface area contributed by atoms with Gasteiger partial charge >= 0.3 is 0 Å². The summed E-state index contributed by atoms with van der Waals surface area (Å²) in [7, 11) is 0. The fourth-order valence-electron chi connectivity index (χ4n) is 1.66. The van der Waals surface area contributed by atoms with E-state index in [-0.39, 0.29) is 0 Å². The molecule has 0 amide bonds. The fraction of sp³-hybridized carbons (Fsp3) is 0.286. The molecule has 90 valence electrons. The van der Waals surface area contributed by atoms with Crippen molar-refractivity contribution in [2.45, 2.75) is 20.0 Å². The van der Waals surface area contributed by atoms with Crippen molar-refractivity contribution in [3.8, 4) is 5.75 Å². The molecule has 0 radical (unpaired) electrons. The molecule has 3 heteroatoms. The number of hydrogen-bond donors (Lipinski definition) is 1. The summed E-state index contributed by atoms with van der Waals surface area (Å²) in [5.74, 6) is 0.947. The summed E-state index contributed by atoms with van der Waals surface area (Å²) in [6, 6.07) is 12.5. The Bertz CT molecular complexity index is 439. The highest BCUT2D eigenvalue weighted by Gasteiger charge is 1.97. The van der Waals surface area contributed by atoms with Crippen molar-refractivity contribution in [2.24, 2.45) is 0 Å². The van der Waals surface area contributed by atoms with Crippen LogP contribution in [0.5, 0.6) is 5.75 Å². The molecular weight excluding hydrogens is 230 g/mol. The minimum atomic E-state index is 0.714. The van der Waals surface area contributed by atoms with E-state index < -0.39 is 0 Å². The van der Waals surface area contributed by atoms with E-state index in [0.717, 1.165) is 18.8 Å². The van der Waals surface area contributed by atoms with Gasteiger partial charge in [0.15, 0.2) is 0 Å². The fourth-order valence-corrected chi connectivity index (χ4v) is 2.33. The highest BCUT2D eigenvalue weighted by atomic mass is 32.1. The number of nitrogens with one attached hydrogen (secondary N) is 1. The second-order valence-corrected chi connectivity index (χ2v) is 4.80. The van der Waals surface area contributed by atoms with Gasteiger partial charge in [0.05, 0.1) is 6.61 Å². The molecule has 1 aromatic carbocycles. The third-order valence-electron chi connectivity index (χ3n) is 2.42. The minimum absolute atomic E-state index is 0.714. The Labute approximate surface area is 106 Å². The van der Waals surface area contributed by atoms with Crippen molar-refractivity contribution in [2.75, 3.05) is 6.61 Å². The van der Waals surface area contributed by atoms with Crippen molar-refractivity contribution in [3.63, 3.8) is 0 Å². The monoisotopic (exact) mass is 247 g/mol. The van der Waals surface area contributed by atoms with Gasteiger partial charge in [-0.2, -0.15) is 0 Å². The Morgan fingerprint density at radius 2 is 2.12 bits per heavy atom. The predicted octanol–water partition coefficient (Wildman–Crippen LogP) is 3.44. The Kier molecular flexibility index (Phi) is 4.59. The number of rotatable bonds is 6. The normalized spacial score (nSPS) is 10.4. The van der Waals surface area contributed by atoms with Crippen LogP contribution in [0.4, 0.5) is 0 Å². The topological polar surface area (TPSA) is 21.3 Å². The molecule has 2 nitrogen and oxygen atoms in total. The summed E-state index contributed by atoms with van der Waals surface area (Å²) in [5.41, 5.74) is 1.26. The molecule has 17 heavy (non-hydrogen) atoms. The van der Waals surface area contributed by atoms with E-state index in [9.17, 15) is 0 Å². The molecule has 1 heterocycles. The molecule has 2 aromatic rings. The Balaban J connectivity index is 1.84. The molecule has 0 saturated heterocycles.